The van der Waals surface area contributed by atoms with E-state index < -0.39 is 4.92 Å². The van der Waals surface area contributed by atoms with Crippen molar-refractivity contribution in [3.63, 3.8) is 0 Å². The molecule has 1 heterocycles. The molecule has 134 valence electrons. The molecule has 25 heavy (non-hydrogen) atoms. The van der Waals surface area contributed by atoms with Gasteiger partial charge in [-0.05, 0) is 46.0 Å². The van der Waals surface area contributed by atoms with Crippen LogP contribution in [0, 0.1) is 10.1 Å². The maximum Gasteiger partial charge on any atom is 0.270 e. The summed E-state index contributed by atoms with van der Waals surface area (Å²) in [5.41, 5.74) is 0.482. The molecule has 2 rings (SSSR count). The minimum Gasteiger partial charge on any atom is -0.419 e. The average molecular weight is 363 g/mol. The molecular formula is C16H21N5O3S. The van der Waals surface area contributed by atoms with Crippen molar-refractivity contribution in [1.82, 2.24) is 20.4 Å². The van der Waals surface area contributed by atoms with Crippen LogP contribution in [0.3, 0.4) is 0 Å². The number of nitro benzene ring substituents is 1. The molecule has 1 N–H and O–H groups in total. The fourth-order valence-corrected chi connectivity index (χ4v) is 2.66. The molecule has 1 aromatic heterocycles. The van der Waals surface area contributed by atoms with Gasteiger partial charge in [0.05, 0.1) is 11.5 Å². The van der Waals surface area contributed by atoms with Crippen molar-refractivity contribution in [2.24, 2.45) is 0 Å². The molecule has 0 saturated carbocycles. The van der Waals surface area contributed by atoms with E-state index in [2.05, 4.69) is 15.5 Å². The van der Waals surface area contributed by atoms with Crippen molar-refractivity contribution in [3.05, 3.63) is 40.3 Å². The van der Waals surface area contributed by atoms with Crippen molar-refractivity contribution in [2.45, 2.75) is 46.3 Å². The zero-order chi connectivity index (χ0) is 18.6. The Morgan fingerprint density at radius 3 is 2.68 bits per heavy atom. The minimum absolute atomic E-state index is 0.0247. The van der Waals surface area contributed by atoms with E-state index in [1.165, 1.54) is 12.1 Å². The van der Waals surface area contributed by atoms with Gasteiger partial charge in [0.25, 0.3) is 5.69 Å². The molecule has 8 nitrogen and oxygen atoms in total. The van der Waals surface area contributed by atoms with Crippen molar-refractivity contribution < 1.29 is 9.34 Å². The number of rotatable bonds is 6. The molecule has 0 spiro atoms. The van der Waals surface area contributed by atoms with E-state index in [-0.39, 0.29) is 23.7 Å². The topological polar surface area (TPSA) is 97.3 Å². The van der Waals surface area contributed by atoms with Crippen LogP contribution in [-0.4, -0.2) is 37.2 Å². The molecule has 0 aliphatic rings. The first-order valence-corrected chi connectivity index (χ1v) is 8.33. The Hall–Kier alpha value is -2.55. The number of non-ortho nitro benzene ring substituents is 1. The predicted molar refractivity (Wildman–Crippen MR) is 97.9 cm³/mol. The van der Waals surface area contributed by atoms with Gasteiger partial charge in [0.15, 0.2) is 5.11 Å². The van der Waals surface area contributed by atoms with Crippen LogP contribution in [0.4, 0.5) is 5.69 Å². The van der Waals surface area contributed by atoms with Gasteiger partial charge in [0.1, 0.15) is 0 Å². The number of nitrogens with one attached hydrogen (secondary N) is 1. The van der Waals surface area contributed by atoms with Gasteiger partial charge < -0.3 is 14.6 Å². The number of hydrogen-bond acceptors (Lipinski definition) is 6. The van der Waals surface area contributed by atoms with Crippen molar-refractivity contribution >= 4 is 23.0 Å². The lowest BCUT2D eigenvalue weighted by Crippen LogP contribution is -2.45. The second-order valence-electron chi connectivity index (χ2n) is 6.13. The first-order valence-electron chi connectivity index (χ1n) is 7.92. The number of nitrogens with zero attached hydrogens (tertiary/aromatic N) is 4. The van der Waals surface area contributed by atoms with Gasteiger partial charge in [-0.15, -0.1) is 10.2 Å². The molecule has 0 saturated heterocycles. The summed E-state index contributed by atoms with van der Waals surface area (Å²) < 4.78 is 5.67. The maximum absolute atomic E-state index is 10.9. The third kappa shape index (κ3) is 4.96. The Balaban J connectivity index is 2.18. The molecule has 0 unspecified atom stereocenters. The number of hydrogen-bond donors (Lipinski definition) is 1. The summed E-state index contributed by atoms with van der Waals surface area (Å²) in [5.74, 6) is 0.633. The highest BCUT2D eigenvalue weighted by Crippen LogP contribution is 2.23. The lowest BCUT2D eigenvalue weighted by atomic mass is 10.2. The van der Waals surface area contributed by atoms with Crippen molar-refractivity contribution in [1.29, 1.82) is 0 Å². The summed E-state index contributed by atoms with van der Waals surface area (Å²) in [6.07, 6.45) is 0. The Kier molecular flexibility index (Phi) is 6.02. The first-order chi connectivity index (χ1) is 11.8. The van der Waals surface area contributed by atoms with Gasteiger partial charge in [-0.1, -0.05) is 6.07 Å². The van der Waals surface area contributed by atoms with Crippen LogP contribution in [0.15, 0.2) is 28.7 Å². The van der Waals surface area contributed by atoms with Crippen LogP contribution in [-0.2, 0) is 6.54 Å². The smallest absolute Gasteiger partial charge is 0.270 e. The number of benzene rings is 1. The lowest BCUT2D eigenvalue weighted by Gasteiger charge is -2.29. The SMILES string of the molecule is CC(C)NC(=S)N(Cc1nnc(-c2cccc([N+](=O)[O-])c2)o1)C(C)C. The number of aromatic nitrogens is 2. The Morgan fingerprint density at radius 2 is 2.08 bits per heavy atom. The molecule has 1 aromatic carbocycles. The second kappa shape index (κ2) is 8.02. The number of nitro groups is 1. The van der Waals surface area contributed by atoms with Crippen LogP contribution in [0.2, 0.25) is 0 Å². The first kappa shape index (κ1) is 18.8. The normalized spacial score (nSPS) is 11.0. The molecule has 2 aromatic rings. The fourth-order valence-electron chi connectivity index (χ4n) is 2.15. The summed E-state index contributed by atoms with van der Waals surface area (Å²) in [5, 5.41) is 22.7. The third-order valence-electron chi connectivity index (χ3n) is 3.37. The standard InChI is InChI=1S/C16H21N5O3S/c1-10(2)17-16(25)20(11(3)4)9-14-18-19-15(24-14)12-6-5-7-13(8-12)21(22)23/h5-8,10-11H,9H2,1-4H3,(H,17,25). The van der Waals surface area contributed by atoms with E-state index in [0.717, 1.165) is 0 Å². The lowest BCUT2D eigenvalue weighted by molar-refractivity contribution is -0.384. The Bertz CT molecular complexity index is 760. The molecule has 9 heteroatoms. The largest absolute Gasteiger partial charge is 0.419 e. The van der Waals surface area contributed by atoms with E-state index in [9.17, 15) is 10.1 Å². The molecule has 0 aliphatic heterocycles. The summed E-state index contributed by atoms with van der Waals surface area (Å²) in [6.45, 7) is 8.42. The van der Waals surface area contributed by atoms with Crippen molar-refractivity contribution in [2.75, 3.05) is 0 Å². The van der Waals surface area contributed by atoms with Gasteiger partial charge in [-0.3, -0.25) is 10.1 Å². The van der Waals surface area contributed by atoms with E-state index in [4.69, 9.17) is 16.6 Å². The minimum atomic E-state index is -0.461. The molecule has 0 aliphatic carbocycles. The molecule has 0 radical (unpaired) electrons. The molecule has 0 bridgehead atoms. The van der Waals surface area contributed by atoms with E-state index >= 15 is 0 Å². The average Bonchev–Trinajstić information content (AvgIpc) is 3.00. The highest BCUT2D eigenvalue weighted by Gasteiger charge is 2.19. The van der Waals surface area contributed by atoms with E-state index in [1.807, 2.05) is 32.6 Å². The van der Waals surface area contributed by atoms with Crippen LogP contribution < -0.4 is 5.32 Å². The summed E-state index contributed by atoms with van der Waals surface area (Å²) in [7, 11) is 0. The predicted octanol–water partition coefficient (Wildman–Crippen LogP) is 3.14. The summed E-state index contributed by atoms with van der Waals surface area (Å²) >= 11 is 5.42. The monoisotopic (exact) mass is 363 g/mol. The van der Waals surface area contributed by atoms with Crippen LogP contribution in [0.1, 0.15) is 33.6 Å². The van der Waals surface area contributed by atoms with Crippen LogP contribution in [0.5, 0.6) is 0 Å². The van der Waals surface area contributed by atoms with E-state index in [1.54, 1.807) is 12.1 Å². The highest BCUT2D eigenvalue weighted by molar-refractivity contribution is 7.80. The van der Waals surface area contributed by atoms with Gasteiger partial charge in [-0.2, -0.15) is 0 Å². The highest BCUT2D eigenvalue weighted by atomic mass is 32.1. The zero-order valence-electron chi connectivity index (χ0n) is 14.6. The third-order valence-corrected chi connectivity index (χ3v) is 3.73. The fraction of sp³-hybridized carbons (Fsp3) is 0.438. The summed E-state index contributed by atoms with van der Waals surface area (Å²) in [6, 6.07) is 6.46. The van der Waals surface area contributed by atoms with E-state index in [0.29, 0.717) is 23.1 Å². The summed E-state index contributed by atoms with van der Waals surface area (Å²) in [4.78, 5) is 12.4. The van der Waals surface area contributed by atoms with Gasteiger partial charge in [0.2, 0.25) is 11.8 Å². The van der Waals surface area contributed by atoms with Crippen LogP contribution in [0.25, 0.3) is 11.5 Å². The van der Waals surface area contributed by atoms with Crippen molar-refractivity contribution in [3.8, 4) is 11.5 Å². The molecule has 0 fully saturated rings. The zero-order valence-corrected chi connectivity index (χ0v) is 15.4. The van der Waals surface area contributed by atoms with Gasteiger partial charge in [-0.25, -0.2) is 0 Å². The quantitative estimate of drug-likeness (QED) is 0.475. The number of thiocarbonyl (C=S) groups is 1. The van der Waals surface area contributed by atoms with Crippen LogP contribution >= 0.6 is 12.2 Å². The van der Waals surface area contributed by atoms with Gasteiger partial charge in [0, 0.05) is 29.8 Å². The van der Waals surface area contributed by atoms with Gasteiger partial charge >= 0.3 is 0 Å². The second-order valence-corrected chi connectivity index (χ2v) is 6.52. The Morgan fingerprint density at radius 1 is 1.36 bits per heavy atom. The molecule has 0 amide bonds. The molecular weight excluding hydrogens is 342 g/mol. The molecule has 0 atom stereocenters. The Labute approximate surface area is 151 Å². The maximum atomic E-state index is 10.9.